The molecule has 1 unspecified atom stereocenters. The summed E-state index contributed by atoms with van der Waals surface area (Å²) in [6.07, 6.45) is 1.19. The maximum absolute atomic E-state index is 11.1. The Morgan fingerprint density at radius 1 is 0.974 bits per heavy atom. The van der Waals surface area contributed by atoms with Gasteiger partial charge in [0.05, 0.1) is 5.56 Å². The molecule has 0 saturated carbocycles. The molecule has 0 saturated heterocycles. The quantitative estimate of drug-likeness (QED) is 0.330. The van der Waals surface area contributed by atoms with Crippen LogP contribution < -0.4 is 10.2 Å². The Balaban J connectivity index is 1.69. The number of nitrogens with one attached hydrogen (secondary N) is 1. The highest BCUT2D eigenvalue weighted by atomic mass is 16.4. The lowest BCUT2D eigenvalue weighted by Gasteiger charge is -2.43. The number of anilines is 2. The molecule has 1 atom stereocenters. The van der Waals surface area contributed by atoms with Gasteiger partial charge in [0.2, 0.25) is 0 Å². The molecule has 5 heteroatoms. The number of nitrogens with zero attached hydrogens (tertiary/aromatic N) is 1. The van der Waals surface area contributed by atoms with Crippen LogP contribution >= 0.6 is 0 Å². The van der Waals surface area contributed by atoms with Crippen molar-refractivity contribution < 1.29 is 15.0 Å². The number of rotatable bonds is 6. The van der Waals surface area contributed by atoms with Crippen molar-refractivity contribution in [2.24, 2.45) is 0 Å². The van der Waals surface area contributed by atoms with Crippen LogP contribution in [0.1, 0.15) is 84.8 Å². The minimum absolute atomic E-state index is 0.00299. The van der Waals surface area contributed by atoms with Crippen LogP contribution in [-0.2, 0) is 17.4 Å². The van der Waals surface area contributed by atoms with E-state index in [1.165, 1.54) is 28.8 Å². The third-order valence-electron chi connectivity index (χ3n) is 7.68. The Morgan fingerprint density at radius 2 is 1.61 bits per heavy atom. The van der Waals surface area contributed by atoms with E-state index >= 15 is 0 Å². The van der Waals surface area contributed by atoms with E-state index in [0.717, 1.165) is 29.8 Å². The highest BCUT2D eigenvalue weighted by Crippen LogP contribution is 2.49. The highest BCUT2D eigenvalue weighted by Gasteiger charge is 2.39. The van der Waals surface area contributed by atoms with Gasteiger partial charge in [-0.05, 0) is 88.4 Å². The first-order chi connectivity index (χ1) is 17.9. The number of aromatic carboxylic acids is 1. The van der Waals surface area contributed by atoms with Gasteiger partial charge in [-0.25, -0.2) is 4.79 Å². The minimum Gasteiger partial charge on any atom is -0.478 e. The van der Waals surface area contributed by atoms with Crippen molar-refractivity contribution in [2.45, 2.75) is 64.0 Å². The zero-order valence-corrected chi connectivity index (χ0v) is 23.2. The van der Waals surface area contributed by atoms with Gasteiger partial charge in [-0.3, -0.25) is 0 Å². The molecule has 0 radical (unpaired) electrons. The zero-order valence-electron chi connectivity index (χ0n) is 23.2. The van der Waals surface area contributed by atoms with Crippen molar-refractivity contribution in [2.75, 3.05) is 24.3 Å². The molecule has 0 heterocycles. The number of hydrogen-bond donors (Lipinski definition) is 3. The van der Waals surface area contributed by atoms with E-state index < -0.39 is 12.1 Å². The molecule has 1 aliphatic rings. The summed E-state index contributed by atoms with van der Waals surface area (Å²) in [5.74, 6) is 4.99. The lowest BCUT2D eigenvalue weighted by molar-refractivity contribution is 0.0697. The average Bonchev–Trinajstić information content (AvgIpc) is 2.88. The van der Waals surface area contributed by atoms with Gasteiger partial charge in [0, 0.05) is 37.6 Å². The van der Waals surface area contributed by atoms with Crippen molar-refractivity contribution in [3.8, 4) is 11.8 Å². The van der Waals surface area contributed by atoms with Crippen LogP contribution in [0.5, 0.6) is 0 Å². The first-order valence-corrected chi connectivity index (χ1v) is 13.1. The number of carboxylic acids is 1. The van der Waals surface area contributed by atoms with Crippen molar-refractivity contribution >= 4 is 17.3 Å². The molecule has 38 heavy (non-hydrogen) atoms. The summed E-state index contributed by atoms with van der Waals surface area (Å²) in [4.78, 5) is 13.2. The number of carboxylic acid groups (broad SMARTS) is 1. The number of aliphatic hydroxyl groups is 1. The van der Waals surface area contributed by atoms with Crippen molar-refractivity contribution in [3.05, 3.63) is 94.0 Å². The normalized spacial score (nSPS) is 16.0. The van der Waals surface area contributed by atoms with Gasteiger partial charge < -0.3 is 20.4 Å². The molecule has 0 amide bonds. The van der Waals surface area contributed by atoms with E-state index in [4.69, 9.17) is 5.11 Å². The predicted molar refractivity (Wildman–Crippen MR) is 155 cm³/mol. The molecule has 1 aliphatic carbocycles. The number of carbonyl (C=O) groups is 1. The summed E-state index contributed by atoms with van der Waals surface area (Å²) in [7, 11) is 4.07. The maximum atomic E-state index is 11.1. The highest BCUT2D eigenvalue weighted by molar-refractivity contribution is 5.87. The summed E-state index contributed by atoms with van der Waals surface area (Å²) in [5, 5.41) is 23.9. The van der Waals surface area contributed by atoms with E-state index in [0.29, 0.717) is 12.1 Å². The Hall–Kier alpha value is -3.75. The van der Waals surface area contributed by atoms with Crippen LogP contribution in [0.15, 0.2) is 60.7 Å². The second kappa shape index (κ2) is 10.6. The van der Waals surface area contributed by atoms with E-state index in [-0.39, 0.29) is 16.4 Å². The van der Waals surface area contributed by atoms with Crippen LogP contribution in [0.3, 0.4) is 0 Å². The number of fused-ring (bicyclic) bond motifs is 1. The summed E-state index contributed by atoms with van der Waals surface area (Å²) >= 11 is 0. The molecule has 0 aromatic heterocycles. The largest absolute Gasteiger partial charge is 0.478 e. The van der Waals surface area contributed by atoms with Gasteiger partial charge in [0.15, 0.2) is 0 Å². The Labute approximate surface area is 226 Å². The fourth-order valence-corrected chi connectivity index (χ4v) is 5.15. The molecule has 3 aromatic carbocycles. The second-order valence-electron chi connectivity index (χ2n) is 11.7. The fraction of sp³-hybridized carbons (Fsp3) is 0.364. The molecule has 4 rings (SSSR count). The summed E-state index contributed by atoms with van der Waals surface area (Å²) in [6, 6.07) is 19.1. The number of hydrogen-bond acceptors (Lipinski definition) is 4. The lowest BCUT2D eigenvalue weighted by atomic mass is 9.62. The molecular formula is C33H38N2O3. The third kappa shape index (κ3) is 5.87. The van der Waals surface area contributed by atoms with E-state index in [9.17, 15) is 9.90 Å². The SMILES string of the molecule is CN(C)c1ccc(CNc2cc(C(O)C#Cc3ccc(C(=O)O)cc3)cc3c2C(C)(C)CCC3(C)C)cc1. The van der Waals surface area contributed by atoms with Crippen molar-refractivity contribution in [3.63, 3.8) is 0 Å². The molecule has 0 bridgehead atoms. The second-order valence-corrected chi connectivity index (χ2v) is 11.7. The molecule has 0 spiro atoms. The Bertz CT molecular complexity index is 1370. The van der Waals surface area contributed by atoms with Gasteiger partial charge in [-0.2, -0.15) is 0 Å². The van der Waals surface area contributed by atoms with Gasteiger partial charge in [-0.1, -0.05) is 57.7 Å². The molecule has 0 fully saturated rings. The van der Waals surface area contributed by atoms with E-state index in [2.05, 4.69) is 80.1 Å². The molecule has 0 aliphatic heterocycles. The van der Waals surface area contributed by atoms with Crippen LogP contribution in [0.2, 0.25) is 0 Å². The smallest absolute Gasteiger partial charge is 0.335 e. The summed E-state index contributed by atoms with van der Waals surface area (Å²) in [6.45, 7) is 9.83. The number of benzene rings is 3. The number of aliphatic hydroxyl groups excluding tert-OH is 1. The third-order valence-corrected chi connectivity index (χ3v) is 7.68. The average molecular weight is 511 g/mol. The molecule has 3 aromatic rings. The molecular weight excluding hydrogens is 472 g/mol. The van der Waals surface area contributed by atoms with Crippen LogP contribution in [-0.4, -0.2) is 30.3 Å². The maximum Gasteiger partial charge on any atom is 0.335 e. The Morgan fingerprint density at radius 3 is 2.21 bits per heavy atom. The first-order valence-electron chi connectivity index (χ1n) is 13.1. The van der Waals surface area contributed by atoms with Gasteiger partial charge >= 0.3 is 5.97 Å². The zero-order chi connectivity index (χ0) is 27.7. The lowest BCUT2D eigenvalue weighted by Crippen LogP contribution is -2.35. The standard InChI is InChI=1S/C33H38N2O3/c1-32(2)17-18-33(3,4)30-27(32)19-25(29(36)16-11-22-7-12-24(13-8-22)31(37)38)20-28(30)34-21-23-9-14-26(15-10-23)35(5)6/h7-10,12-15,19-20,29,34,36H,17-18,21H2,1-6H3,(H,37,38). The monoisotopic (exact) mass is 510 g/mol. The van der Waals surface area contributed by atoms with Crippen LogP contribution in [0.25, 0.3) is 0 Å². The topological polar surface area (TPSA) is 72.8 Å². The molecule has 198 valence electrons. The fourth-order valence-electron chi connectivity index (χ4n) is 5.15. The van der Waals surface area contributed by atoms with E-state index in [1.54, 1.807) is 12.1 Å². The van der Waals surface area contributed by atoms with E-state index in [1.807, 2.05) is 20.2 Å². The van der Waals surface area contributed by atoms with Gasteiger partial charge in [-0.15, -0.1) is 0 Å². The first kappa shape index (κ1) is 27.3. The predicted octanol–water partition coefficient (Wildman–Crippen LogP) is 6.50. The molecule has 3 N–H and O–H groups in total. The molecule has 5 nitrogen and oxygen atoms in total. The van der Waals surface area contributed by atoms with Crippen molar-refractivity contribution in [1.82, 2.24) is 0 Å². The van der Waals surface area contributed by atoms with Gasteiger partial charge in [0.25, 0.3) is 0 Å². The summed E-state index contributed by atoms with van der Waals surface area (Å²) in [5.41, 5.74) is 7.57. The van der Waals surface area contributed by atoms with Crippen LogP contribution in [0.4, 0.5) is 11.4 Å². The van der Waals surface area contributed by atoms with Gasteiger partial charge in [0.1, 0.15) is 6.10 Å². The summed E-state index contributed by atoms with van der Waals surface area (Å²) < 4.78 is 0. The minimum atomic E-state index is -0.974. The van der Waals surface area contributed by atoms with Crippen molar-refractivity contribution in [1.29, 1.82) is 0 Å². The van der Waals surface area contributed by atoms with Crippen LogP contribution in [0, 0.1) is 11.8 Å². The Kier molecular flexibility index (Phi) is 7.58.